The summed E-state index contributed by atoms with van der Waals surface area (Å²) in [6, 6.07) is 11.7. The normalized spacial score (nSPS) is 22.2. The minimum absolute atomic E-state index is 0.0206. The van der Waals surface area contributed by atoms with Crippen molar-refractivity contribution >= 4 is 5.91 Å². The summed E-state index contributed by atoms with van der Waals surface area (Å²) >= 11 is 0. The first-order valence-corrected chi connectivity index (χ1v) is 9.55. The zero-order chi connectivity index (χ0) is 18.5. The van der Waals surface area contributed by atoms with Gasteiger partial charge in [-0.25, -0.2) is 0 Å². The molecule has 3 heterocycles. The predicted molar refractivity (Wildman–Crippen MR) is 102 cm³/mol. The van der Waals surface area contributed by atoms with Crippen LogP contribution in [0.5, 0.6) is 11.5 Å². The van der Waals surface area contributed by atoms with Crippen molar-refractivity contribution in [2.24, 2.45) is 5.92 Å². The van der Waals surface area contributed by atoms with Crippen LogP contribution in [0.25, 0.3) is 0 Å². The Kier molecular flexibility index (Phi) is 5.53. The van der Waals surface area contributed by atoms with Crippen molar-refractivity contribution in [2.75, 3.05) is 26.2 Å². The number of pyridine rings is 1. The summed E-state index contributed by atoms with van der Waals surface area (Å²) in [6.45, 7) is 3.57. The number of benzene rings is 1. The number of aromatic nitrogens is 1. The van der Waals surface area contributed by atoms with Crippen LogP contribution < -0.4 is 14.8 Å². The van der Waals surface area contributed by atoms with Gasteiger partial charge in [-0.1, -0.05) is 18.2 Å². The largest absolute Gasteiger partial charge is 0.486 e. The lowest BCUT2D eigenvalue weighted by Crippen LogP contribution is -2.46. The van der Waals surface area contributed by atoms with Gasteiger partial charge < -0.3 is 14.8 Å². The van der Waals surface area contributed by atoms with E-state index in [1.807, 2.05) is 36.5 Å². The van der Waals surface area contributed by atoms with Gasteiger partial charge in [0.1, 0.15) is 12.7 Å². The molecule has 6 nitrogen and oxygen atoms in total. The number of hydrogen-bond donors (Lipinski definition) is 1. The first-order valence-electron chi connectivity index (χ1n) is 9.55. The number of carbonyl (C=O) groups is 1. The van der Waals surface area contributed by atoms with Crippen LogP contribution in [0.1, 0.15) is 18.4 Å². The molecule has 1 aromatic carbocycles. The van der Waals surface area contributed by atoms with E-state index in [-0.39, 0.29) is 17.9 Å². The SMILES string of the molecule is O=C(NC[C@@H]1COc2ccccc2O1)[C@@H]1CCCN(Cc2cccnc2)C1. The van der Waals surface area contributed by atoms with Gasteiger partial charge in [0, 0.05) is 25.5 Å². The van der Waals surface area contributed by atoms with Crippen LogP contribution in [-0.2, 0) is 11.3 Å². The van der Waals surface area contributed by atoms with E-state index in [0.29, 0.717) is 13.2 Å². The molecule has 0 saturated carbocycles. The lowest BCUT2D eigenvalue weighted by molar-refractivity contribution is -0.127. The Morgan fingerprint density at radius 2 is 2.11 bits per heavy atom. The Balaban J connectivity index is 1.26. The maximum atomic E-state index is 12.6. The fourth-order valence-electron chi connectivity index (χ4n) is 3.69. The molecule has 0 unspecified atom stereocenters. The van der Waals surface area contributed by atoms with Gasteiger partial charge in [0.05, 0.1) is 12.5 Å². The minimum atomic E-state index is -0.154. The van der Waals surface area contributed by atoms with Crippen molar-refractivity contribution in [3.05, 3.63) is 54.4 Å². The van der Waals surface area contributed by atoms with Crippen molar-refractivity contribution in [3.63, 3.8) is 0 Å². The van der Waals surface area contributed by atoms with E-state index in [0.717, 1.165) is 44.0 Å². The maximum absolute atomic E-state index is 12.6. The number of nitrogens with zero attached hydrogens (tertiary/aromatic N) is 2. The molecule has 4 rings (SSSR count). The third-order valence-corrected chi connectivity index (χ3v) is 5.08. The van der Waals surface area contributed by atoms with E-state index >= 15 is 0 Å². The summed E-state index contributed by atoms with van der Waals surface area (Å²) < 4.78 is 11.6. The Morgan fingerprint density at radius 1 is 1.22 bits per heavy atom. The van der Waals surface area contributed by atoms with E-state index < -0.39 is 0 Å². The smallest absolute Gasteiger partial charge is 0.224 e. The number of amides is 1. The summed E-state index contributed by atoms with van der Waals surface area (Å²) in [7, 11) is 0. The molecule has 6 heteroatoms. The first-order chi connectivity index (χ1) is 13.3. The number of piperidine rings is 1. The monoisotopic (exact) mass is 367 g/mol. The fraction of sp³-hybridized carbons (Fsp3) is 0.429. The lowest BCUT2D eigenvalue weighted by Gasteiger charge is -2.32. The molecule has 1 N–H and O–H groups in total. The van der Waals surface area contributed by atoms with Gasteiger partial charge in [-0.2, -0.15) is 0 Å². The zero-order valence-corrected chi connectivity index (χ0v) is 15.3. The number of hydrogen-bond acceptors (Lipinski definition) is 5. The average Bonchev–Trinajstić information content (AvgIpc) is 2.73. The molecule has 0 spiro atoms. The molecule has 1 saturated heterocycles. The molecule has 0 radical (unpaired) electrons. The highest BCUT2D eigenvalue weighted by molar-refractivity contribution is 5.79. The van der Waals surface area contributed by atoms with E-state index in [9.17, 15) is 4.79 Å². The van der Waals surface area contributed by atoms with Gasteiger partial charge in [0.15, 0.2) is 11.5 Å². The zero-order valence-electron chi connectivity index (χ0n) is 15.3. The average molecular weight is 367 g/mol. The number of para-hydroxylation sites is 2. The predicted octanol–water partition coefficient (Wildman–Crippen LogP) is 2.25. The third kappa shape index (κ3) is 4.57. The number of ether oxygens (including phenoxy) is 2. The van der Waals surface area contributed by atoms with Crippen molar-refractivity contribution in [1.82, 2.24) is 15.2 Å². The summed E-state index contributed by atoms with van der Waals surface area (Å²) in [5.41, 5.74) is 1.19. The van der Waals surface area contributed by atoms with Gasteiger partial charge in [-0.15, -0.1) is 0 Å². The topological polar surface area (TPSA) is 63.7 Å². The van der Waals surface area contributed by atoms with Crippen molar-refractivity contribution in [1.29, 1.82) is 0 Å². The van der Waals surface area contributed by atoms with Crippen LogP contribution >= 0.6 is 0 Å². The van der Waals surface area contributed by atoms with Crippen LogP contribution in [0.15, 0.2) is 48.8 Å². The quantitative estimate of drug-likeness (QED) is 0.878. The molecular formula is C21H25N3O3. The molecular weight excluding hydrogens is 342 g/mol. The summed E-state index contributed by atoms with van der Waals surface area (Å²) in [6.07, 6.45) is 5.49. The highest BCUT2D eigenvalue weighted by atomic mass is 16.6. The van der Waals surface area contributed by atoms with Gasteiger partial charge in [0.25, 0.3) is 0 Å². The van der Waals surface area contributed by atoms with Crippen LogP contribution in [0.3, 0.4) is 0 Å². The van der Waals surface area contributed by atoms with Crippen LogP contribution in [0.2, 0.25) is 0 Å². The van der Waals surface area contributed by atoms with Gasteiger partial charge in [-0.3, -0.25) is 14.7 Å². The molecule has 2 atom stereocenters. The van der Waals surface area contributed by atoms with Gasteiger partial charge in [-0.05, 0) is 43.1 Å². The molecule has 0 bridgehead atoms. The van der Waals surface area contributed by atoms with Crippen molar-refractivity contribution < 1.29 is 14.3 Å². The Hall–Kier alpha value is -2.60. The molecule has 1 aromatic heterocycles. The maximum Gasteiger partial charge on any atom is 0.224 e. The Morgan fingerprint density at radius 3 is 2.96 bits per heavy atom. The Bertz CT molecular complexity index is 768. The van der Waals surface area contributed by atoms with E-state index in [1.165, 1.54) is 5.56 Å². The molecule has 1 fully saturated rings. The van der Waals surface area contributed by atoms with Crippen molar-refractivity contribution in [2.45, 2.75) is 25.5 Å². The molecule has 142 valence electrons. The number of carbonyl (C=O) groups excluding carboxylic acids is 1. The molecule has 2 aromatic rings. The Labute approximate surface area is 159 Å². The second kappa shape index (κ2) is 8.39. The lowest BCUT2D eigenvalue weighted by atomic mass is 9.96. The molecule has 1 amide bonds. The van der Waals surface area contributed by atoms with Gasteiger partial charge in [0.2, 0.25) is 5.91 Å². The van der Waals surface area contributed by atoms with Crippen molar-refractivity contribution in [3.8, 4) is 11.5 Å². The fourth-order valence-corrected chi connectivity index (χ4v) is 3.69. The molecule has 2 aliphatic rings. The number of nitrogens with one attached hydrogen (secondary N) is 1. The number of likely N-dealkylation sites (tertiary alicyclic amines) is 1. The number of fused-ring (bicyclic) bond motifs is 1. The second-order valence-corrected chi connectivity index (χ2v) is 7.18. The molecule has 2 aliphatic heterocycles. The standard InChI is InChI=1S/C21H25N3O3/c25-21(23-12-18-15-26-19-7-1-2-8-20(19)27-18)17-6-4-10-24(14-17)13-16-5-3-9-22-11-16/h1-3,5,7-9,11,17-18H,4,6,10,12-15H2,(H,23,25)/t17-,18-/m1/s1. The van der Waals surface area contributed by atoms with E-state index in [2.05, 4.69) is 21.3 Å². The number of rotatable bonds is 5. The van der Waals surface area contributed by atoms with E-state index in [4.69, 9.17) is 9.47 Å². The van der Waals surface area contributed by atoms with Crippen LogP contribution in [0.4, 0.5) is 0 Å². The second-order valence-electron chi connectivity index (χ2n) is 7.18. The molecule has 0 aliphatic carbocycles. The summed E-state index contributed by atoms with van der Waals surface area (Å²) in [4.78, 5) is 19.1. The minimum Gasteiger partial charge on any atom is -0.486 e. The highest BCUT2D eigenvalue weighted by Crippen LogP contribution is 2.30. The summed E-state index contributed by atoms with van der Waals surface area (Å²) in [5.74, 6) is 1.63. The molecule has 27 heavy (non-hydrogen) atoms. The highest BCUT2D eigenvalue weighted by Gasteiger charge is 2.27. The van der Waals surface area contributed by atoms with Gasteiger partial charge >= 0.3 is 0 Å². The first kappa shape index (κ1) is 17.8. The third-order valence-electron chi connectivity index (χ3n) is 5.08. The van der Waals surface area contributed by atoms with E-state index in [1.54, 1.807) is 6.20 Å². The summed E-state index contributed by atoms with van der Waals surface area (Å²) in [5, 5.41) is 3.05. The van der Waals surface area contributed by atoms with Crippen LogP contribution in [0, 0.1) is 5.92 Å². The van der Waals surface area contributed by atoms with Crippen LogP contribution in [-0.4, -0.2) is 48.1 Å².